The fraction of sp³-hybridized carbons (Fsp3) is 0.476. The zero-order valence-electron chi connectivity index (χ0n) is 22.4. The molecule has 45 heavy (non-hydrogen) atoms. The number of fused-ring (bicyclic) bond motifs is 1. The third-order valence-electron chi connectivity index (χ3n) is 6.61. The van der Waals surface area contributed by atoms with Gasteiger partial charge in [0.2, 0.25) is 6.29 Å². The van der Waals surface area contributed by atoms with E-state index in [4.69, 9.17) is 19.9 Å². The lowest BCUT2D eigenvalue weighted by atomic mass is 10.1. The number of aliphatic hydroxyl groups excluding tert-OH is 4. The van der Waals surface area contributed by atoms with Gasteiger partial charge in [-0.2, -0.15) is 0 Å². The van der Waals surface area contributed by atoms with E-state index in [-0.39, 0.29) is 28.4 Å². The fourth-order valence-corrected chi connectivity index (χ4v) is 6.40. The molecule has 0 radical (unpaired) electrons. The molecule has 2 aliphatic rings. The van der Waals surface area contributed by atoms with E-state index in [1.165, 1.54) is 23.0 Å². The van der Waals surface area contributed by atoms with Crippen LogP contribution in [0.1, 0.15) is 6.23 Å². The molecule has 10 atom stereocenters. The van der Waals surface area contributed by atoms with Crippen molar-refractivity contribution in [2.75, 3.05) is 18.9 Å². The van der Waals surface area contributed by atoms with Crippen LogP contribution >= 0.6 is 15.6 Å². The van der Waals surface area contributed by atoms with E-state index in [0.717, 1.165) is 18.5 Å². The van der Waals surface area contributed by atoms with Crippen molar-refractivity contribution < 1.29 is 71.8 Å². The highest BCUT2D eigenvalue weighted by Crippen LogP contribution is 2.56. The fourth-order valence-electron chi connectivity index (χ4n) is 4.38. The molecule has 2 aromatic heterocycles. The van der Waals surface area contributed by atoms with E-state index in [1.807, 2.05) is 0 Å². The van der Waals surface area contributed by atoms with Crippen LogP contribution in [0.4, 0.5) is 11.5 Å². The molecule has 4 heterocycles. The Balaban J connectivity index is 1.13. The summed E-state index contributed by atoms with van der Waals surface area (Å²) in [6.07, 6.45) is -10.5. The molecule has 2 saturated heterocycles. The van der Waals surface area contributed by atoms with Gasteiger partial charge in [-0.15, -0.1) is 0 Å². The number of rotatable bonds is 12. The first-order chi connectivity index (χ1) is 21.2. The topological polar surface area (TPSA) is 329 Å². The van der Waals surface area contributed by atoms with Gasteiger partial charge in [-0.3, -0.25) is 23.8 Å². The Hall–Kier alpha value is -3.21. The van der Waals surface area contributed by atoms with Crippen molar-refractivity contribution in [1.82, 2.24) is 19.5 Å². The molecule has 22 nitrogen and oxygen atoms in total. The molecule has 0 saturated carbocycles. The number of nitro benzene ring substituents is 1. The monoisotopic (exact) mass is 678 g/mol. The van der Waals surface area contributed by atoms with E-state index in [9.17, 15) is 49.5 Å². The van der Waals surface area contributed by atoms with Gasteiger partial charge in [0, 0.05) is 12.1 Å². The Labute approximate surface area is 250 Å². The molecular weight excluding hydrogens is 654 g/mol. The van der Waals surface area contributed by atoms with Crippen molar-refractivity contribution in [3.8, 4) is 5.75 Å². The number of ether oxygens (including phenoxy) is 3. The number of non-ortho nitro benzene ring substituents is 1. The number of hydrogen-bond donors (Lipinski definition) is 5. The molecule has 6 N–H and O–H groups in total. The number of phosphoric acid groups is 2. The predicted molar refractivity (Wildman–Crippen MR) is 138 cm³/mol. The van der Waals surface area contributed by atoms with Crippen molar-refractivity contribution in [3.63, 3.8) is 0 Å². The third kappa shape index (κ3) is 7.28. The number of nitrogens with two attached hydrogens (primary N) is 1. The van der Waals surface area contributed by atoms with Crippen LogP contribution in [-0.4, -0.2) is 101 Å². The summed E-state index contributed by atoms with van der Waals surface area (Å²) in [5.41, 5.74) is 5.79. The second-order valence-corrected chi connectivity index (χ2v) is 12.5. The second kappa shape index (κ2) is 12.9. The average molecular weight is 678 g/mol. The molecule has 24 heteroatoms. The van der Waals surface area contributed by atoms with Gasteiger partial charge in [0.15, 0.2) is 17.7 Å². The summed E-state index contributed by atoms with van der Waals surface area (Å²) in [5, 5.41) is 52.0. The lowest BCUT2D eigenvalue weighted by Crippen LogP contribution is -2.36. The number of benzene rings is 1. The van der Waals surface area contributed by atoms with Crippen molar-refractivity contribution >= 4 is 38.3 Å². The third-order valence-corrected chi connectivity index (χ3v) is 9.14. The maximum atomic E-state index is 12.2. The first-order valence-corrected chi connectivity index (χ1v) is 15.6. The highest BCUT2D eigenvalue weighted by atomic mass is 31.3. The predicted octanol–water partition coefficient (Wildman–Crippen LogP) is -2.55. The van der Waals surface area contributed by atoms with Gasteiger partial charge < -0.3 is 59.2 Å². The largest absolute Gasteiger partial charge is 0.756 e. The first-order valence-electron chi connectivity index (χ1n) is 12.7. The Morgan fingerprint density at radius 3 is 2.13 bits per heavy atom. The molecular formula is C21H24N6O16P2-2. The Bertz CT molecular complexity index is 1630. The molecule has 3 aromatic rings. The van der Waals surface area contributed by atoms with Crippen molar-refractivity contribution in [1.29, 1.82) is 0 Å². The summed E-state index contributed by atoms with van der Waals surface area (Å²) in [7, 11) is -11.4. The van der Waals surface area contributed by atoms with Gasteiger partial charge in [0.1, 0.15) is 54.2 Å². The van der Waals surface area contributed by atoms with Gasteiger partial charge >= 0.3 is 0 Å². The minimum atomic E-state index is -5.71. The van der Waals surface area contributed by atoms with Crippen molar-refractivity contribution in [2.45, 2.75) is 49.1 Å². The van der Waals surface area contributed by atoms with E-state index >= 15 is 0 Å². The first kappa shape index (κ1) is 33.2. The molecule has 0 spiro atoms. The number of nitro groups is 1. The summed E-state index contributed by atoms with van der Waals surface area (Å²) < 4.78 is 54.8. The highest BCUT2D eigenvalue weighted by Gasteiger charge is 2.46. The van der Waals surface area contributed by atoms with Crippen LogP contribution in [-0.2, 0) is 32.0 Å². The van der Waals surface area contributed by atoms with Crippen LogP contribution in [0.3, 0.4) is 0 Å². The summed E-state index contributed by atoms with van der Waals surface area (Å²) in [4.78, 5) is 46.4. The van der Waals surface area contributed by atoms with Crippen LogP contribution in [0, 0.1) is 10.1 Å². The van der Waals surface area contributed by atoms with Crippen LogP contribution in [0.15, 0.2) is 36.9 Å². The van der Waals surface area contributed by atoms with Crippen LogP contribution in [0.5, 0.6) is 5.75 Å². The summed E-state index contributed by atoms with van der Waals surface area (Å²) >= 11 is 0. The van der Waals surface area contributed by atoms with Crippen LogP contribution < -0.4 is 20.3 Å². The van der Waals surface area contributed by atoms with Crippen molar-refractivity contribution in [3.05, 3.63) is 47.0 Å². The van der Waals surface area contributed by atoms with Crippen LogP contribution in [0.2, 0.25) is 0 Å². The lowest BCUT2D eigenvalue weighted by molar-refractivity contribution is -0.384. The van der Waals surface area contributed by atoms with Gasteiger partial charge in [-0.1, -0.05) is 0 Å². The zero-order chi connectivity index (χ0) is 32.7. The normalized spacial score (nSPS) is 31.1. The maximum Gasteiger partial charge on any atom is 0.274 e. The summed E-state index contributed by atoms with van der Waals surface area (Å²) in [6.45, 7) is -2.04. The van der Waals surface area contributed by atoms with Gasteiger partial charge in [0.25, 0.3) is 21.3 Å². The van der Waals surface area contributed by atoms with Gasteiger partial charge in [-0.05, 0) is 12.1 Å². The Morgan fingerprint density at radius 2 is 1.51 bits per heavy atom. The number of aliphatic hydroxyl groups is 4. The average Bonchev–Trinajstić information content (AvgIpc) is 3.61. The van der Waals surface area contributed by atoms with E-state index in [1.54, 1.807) is 0 Å². The minimum Gasteiger partial charge on any atom is -0.756 e. The van der Waals surface area contributed by atoms with Crippen molar-refractivity contribution in [2.24, 2.45) is 0 Å². The number of hydrogen-bond acceptors (Lipinski definition) is 20. The number of anilines is 1. The van der Waals surface area contributed by atoms with Crippen LogP contribution in [0.25, 0.3) is 11.2 Å². The van der Waals surface area contributed by atoms with E-state index in [0.29, 0.717) is 0 Å². The number of phosphoric ester groups is 2. The molecule has 5 rings (SSSR count). The number of nitrogen functional groups attached to an aromatic ring is 1. The minimum absolute atomic E-state index is 0.00734. The smallest absolute Gasteiger partial charge is 0.274 e. The molecule has 2 fully saturated rings. The quantitative estimate of drug-likeness (QED) is 0.0747. The van der Waals surface area contributed by atoms with Gasteiger partial charge in [0.05, 0.1) is 24.5 Å². The van der Waals surface area contributed by atoms with Gasteiger partial charge in [-0.25, -0.2) is 19.3 Å². The molecule has 5 unspecified atom stereocenters. The Kier molecular flexibility index (Phi) is 9.50. The molecule has 246 valence electrons. The number of nitrogens with zero attached hydrogens (tertiary/aromatic N) is 5. The SMILES string of the molecule is Nc1ncnc2c1ncn2[C@@H]1O[C@H](COP(=O)([O-])OP(=O)([O-])OC[C@H]2O[C@@H](Oc3ccc([N+](=O)[O-])cc3)C(O)C2O)[C@H](O)C1O. The van der Waals surface area contributed by atoms with E-state index < -0.39 is 82.9 Å². The second-order valence-electron chi connectivity index (χ2n) is 9.59. The number of aromatic nitrogens is 4. The molecule has 0 bridgehead atoms. The highest BCUT2D eigenvalue weighted by molar-refractivity contribution is 7.59. The molecule has 0 aliphatic carbocycles. The zero-order valence-corrected chi connectivity index (χ0v) is 24.2. The lowest BCUT2D eigenvalue weighted by Gasteiger charge is -2.32. The standard InChI is InChI=1S/C21H26N6O16P2/c22-18-13-19(24-7-23-18)26(8-25-13)20-16(30)14(28)11(41-20)5-38-44(34,35)43-45(36,37)39-6-12-15(29)17(31)21(42-12)40-10-3-1-9(2-4-10)27(32)33/h1-4,7-8,11-12,14-17,20-21,28-31H,5-6H2,(H,34,35)(H,36,37)(H2,22,23,24)/p-2/t11-,12-,14+,15?,16?,17?,20-,21-/m1/s1. The number of imidazole rings is 1. The maximum absolute atomic E-state index is 12.2. The Morgan fingerprint density at radius 1 is 0.911 bits per heavy atom. The molecule has 1 aromatic carbocycles. The molecule has 2 aliphatic heterocycles. The summed E-state index contributed by atoms with van der Waals surface area (Å²) in [5.74, 6) is 0.0360. The molecule has 0 amide bonds. The van der Waals surface area contributed by atoms with E-state index in [2.05, 4.69) is 28.3 Å². The summed E-state index contributed by atoms with van der Waals surface area (Å²) in [6, 6.07) is 4.60.